The highest BCUT2D eigenvalue weighted by molar-refractivity contribution is 7.89. The fourth-order valence-electron chi connectivity index (χ4n) is 1.70. The van der Waals surface area contributed by atoms with Crippen LogP contribution in [0.25, 0.3) is 0 Å². The number of hydrogen-bond donors (Lipinski definition) is 0. The van der Waals surface area contributed by atoms with E-state index >= 15 is 0 Å². The molecule has 1 fully saturated rings. The second-order valence-corrected chi connectivity index (χ2v) is 6.27. The minimum atomic E-state index is -3.31. The van der Waals surface area contributed by atoms with E-state index in [1.165, 1.54) is 11.4 Å². The van der Waals surface area contributed by atoms with Crippen LogP contribution in [0, 0.1) is 5.92 Å². The summed E-state index contributed by atoms with van der Waals surface area (Å²) in [5.41, 5.74) is 0. The molecule has 1 atom stereocenters. The maximum Gasteiger partial charge on any atom is 0.226 e. The first-order valence-corrected chi connectivity index (χ1v) is 7.12. The quantitative estimate of drug-likeness (QED) is 0.680. The molecule has 16 heavy (non-hydrogen) atoms. The van der Waals surface area contributed by atoms with E-state index in [1.807, 2.05) is 0 Å². The fraction of sp³-hybridized carbons (Fsp3) is 0.889. The lowest BCUT2D eigenvalue weighted by molar-refractivity contribution is -0.116. The molecule has 1 saturated heterocycles. The van der Waals surface area contributed by atoms with Crippen LogP contribution in [0.1, 0.15) is 12.8 Å². The van der Waals surface area contributed by atoms with Gasteiger partial charge in [-0.2, -0.15) is 0 Å². The summed E-state index contributed by atoms with van der Waals surface area (Å²) in [4.78, 5) is 11.0. The molecular weight excluding hydrogens is 254 g/mol. The molecule has 0 aromatic rings. The van der Waals surface area contributed by atoms with Crippen molar-refractivity contribution in [3.05, 3.63) is 0 Å². The van der Waals surface area contributed by atoms with Crippen molar-refractivity contribution in [3.8, 4) is 0 Å². The molecule has 1 aliphatic heterocycles. The van der Waals surface area contributed by atoms with E-state index in [4.69, 9.17) is 16.3 Å². The zero-order chi connectivity index (χ0) is 12.2. The summed E-state index contributed by atoms with van der Waals surface area (Å²) in [6.07, 6.45) is 1.34. The van der Waals surface area contributed by atoms with Gasteiger partial charge in [-0.1, -0.05) is 0 Å². The van der Waals surface area contributed by atoms with Crippen molar-refractivity contribution in [2.75, 3.05) is 32.6 Å². The Morgan fingerprint density at radius 3 is 2.81 bits per heavy atom. The van der Waals surface area contributed by atoms with Gasteiger partial charge in [0.25, 0.3) is 0 Å². The minimum absolute atomic E-state index is 0.0489. The molecule has 0 aromatic carbocycles. The van der Waals surface area contributed by atoms with E-state index < -0.39 is 15.3 Å². The van der Waals surface area contributed by atoms with E-state index in [0.717, 1.165) is 0 Å². The molecule has 0 aliphatic carbocycles. The molecule has 1 unspecified atom stereocenters. The number of piperidine rings is 1. The zero-order valence-electron chi connectivity index (χ0n) is 9.19. The van der Waals surface area contributed by atoms with Crippen molar-refractivity contribution < 1.29 is 17.9 Å². The molecule has 7 heteroatoms. The molecule has 1 heterocycles. The molecule has 0 aromatic heterocycles. The molecule has 0 spiro atoms. The Morgan fingerprint density at radius 2 is 2.25 bits per heavy atom. The first-order chi connectivity index (χ1) is 7.47. The Bertz CT molecular complexity index is 343. The fourth-order valence-corrected chi connectivity index (χ4v) is 3.33. The zero-order valence-corrected chi connectivity index (χ0v) is 10.8. The van der Waals surface area contributed by atoms with Crippen molar-refractivity contribution in [1.82, 2.24) is 4.31 Å². The SMILES string of the molecule is COCCS(=O)(=O)N1CCCC(C(=O)Cl)C1. The molecule has 0 amide bonds. The summed E-state index contributed by atoms with van der Waals surface area (Å²) in [6, 6.07) is 0. The average molecular weight is 270 g/mol. The third kappa shape index (κ3) is 3.69. The Kier molecular flexibility index (Phi) is 5.17. The van der Waals surface area contributed by atoms with Gasteiger partial charge in [0.15, 0.2) is 0 Å². The van der Waals surface area contributed by atoms with Gasteiger partial charge < -0.3 is 4.74 Å². The average Bonchev–Trinajstić information content (AvgIpc) is 2.26. The molecule has 1 aliphatic rings. The number of nitrogens with zero attached hydrogens (tertiary/aromatic N) is 1. The molecule has 0 bridgehead atoms. The largest absolute Gasteiger partial charge is 0.384 e. The van der Waals surface area contributed by atoms with Crippen LogP contribution in [0.2, 0.25) is 0 Å². The Labute approximate surface area is 101 Å². The smallest absolute Gasteiger partial charge is 0.226 e. The molecule has 0 N–H and O–H groups in total. The van der Waals surface area contributed by atoms with Gasteiger partial charge >= 0.3 is 0 Å². The lowest BCUT2D eigenvalue weighted by Gasteiger charge is -2.29. The normalized spacial score (nSPS) is 23.2. The maximum atomic E-state index is 11.8. The Balaban J connectivity index is 2.62. The highest BCUT2D eigenvalue weighted by Crippen LogP contribution is 2.21. The van der Waals surface area contributed by atoms with Crippen LogP contribution in [-0.2, 0) is 19.6 Å². The van der Waals surface area contributed by atoms with Crippen LogP contribution >= 0.6 is 11.6 Å². The summed E-state index contributed by atoms with van der Waals surface area (Å²) >= 11 is 5.39. The molecule has 0 saturated carbocycles. The first kappa shape index (κ1) is 13.9. The van der Waals surface area contributed by atoms with E-state index in [2.05, 4.69) is 0 Å². The maximum absolute atomic E-state index is 11.8. The van der Waals surface area contributed by atoms with Gasteiger partial charge in [0.1, 0.15) is 0 Å². The predicted molar refractivity (Wildman–Crippen MR) is 60.8 cm³/mol. The first-order valence-electron chi connectivity index (χ1n) is 5.13. The van der Waals surface area contributed by atoms with E-state index in [-0.39, 0.29) is 24.8 Å². The van der Waals surface area contributed by atoms with Gasteiger partial charge in [0.05, 0.1) is 12.4 Å². The third-order valence-corrected chi connectivity index (χ3v) is 4.75. The van der Waals surface area contributed by atoms with Gasteiger partial charge in [-0.3, -0.25) is 4.79 Å². The summed E-state index contributed by atoms with van der Waals surface area (Å²) in [5.74, 6) is -0.417. The van der Waals surface area contributed by atoms with E-state index in [0.29, 0.717) is 19.4 Å². The Hall–Kier alpha value is -0.170. The van der Waals surface area contributed by atoms with Crippen molar-refractivity contribution in [1.29, 1.82) is 0 Å². The number of halogens is 1. The number of methoxy groups -OCH3 is 1. The summed E-state index contributed by atoms with van der Waals surface area (Å²) < 4.78 is 29.7. The van der Waals surface area contributed by atoms with Crippen LogP contribution in [0.15, 0.2) is 0 Å². The van der Waals surface area contributed by atoms with Crippen molar-refractivity contribution in [2.45, 2.75) is 12.8 Å². The van der Waals surface area contributed by atoms with Gasteiger partial charge in [0, 0.05) is 26.1 Å². The highest BCUT2D eigenvalue weighted by Gasteiger charge is 2.31. The topological polar surface area (TPSA) is 63.7 Å². The number of rotatable bonds is 5. The van der Waals surface area contributed by atoms with Crippen molar-refractivity contribution in [2.24, 2.45) is 5.92 Å². The number of carbonyl (C=O) groups excluding carboxylic acids is 1. The van der Waals surface area contributed by atoms with Crippen LogP contribution in [0.3, 0.4) is 0 Å². The van der Waals surface area contributed by atoms with Gasteiger partial charge in [-0.05, 0) is 24.4 Å². The molecule has 5 nitrogen and oxygen atoms in total. The lowest BCUT2D eigenvalue weighted by Crippen LogP contribution is -2.43. The number of hydrogen-bond acceptors (Lipinski definition) is 4. The van der Waals surface area contributed by atoms with E-state index in [9.17, 15) is 13.2 Å². The van der Waals surface area contributed by atoms with Gasteiger partial charge in [-0.25, -0.2) is 12.7 Å². The van der Waals surface area contributed by atoms with Crippen LogP contribution < -0.4 is 0 Å². The van der Waals surface area contributed by atoms with Gasteiger partial charge in [-0.15, -0.1) is 0 Å². The number of sulfonamides is 1. The van der Waals surface area contributed by atoms with Crippen LogP contribution in [0.4, 0.5) is 0 Å². The molecule has 0 radical (unpaired) electrons. The molecule has 1 rings (SSSR count). The van der Waals surface area contributed by atoms with E-state index in [1.54, 1.807) is 0 Å². The number of ether oxygens (including phenoxy) is 1. The third-order valence-electron chi connectivity index (χ3n) is 2.64. The number of carbonyl (C=O) groups is 1. The summed E-state index contributed by atoms with van der Waals surface area (Å²) in [6.45, 7) is 0.833. The second kappa shape index (κ2) is 5.95. The highest BCUT2D eigenvalue weighted by atomic mass is 35.5. The minimum Gasteiger partial charge on any atom is -0.384 e. The van der Waals surface area contributed by atoms with Gasteiger partial charge in [0.2, 0.25) is 15.3 Å². The molecule has 94 valence electrons. The predicted octanol–water partition coefficient (Wildman–Crippen LogP) is 0.440. The van der Waals surface area contributed by atoms with Crippen molar-refractivity contribution >= 4 is 26.9 Å². The monoisotopic (exact) mass is 269 g/mol. The van der Waals surface area contributed by atoms with Crippen molar-refractivity contribution in [3.63, 3.8) is 0 Å². The van der Waals surface area contributed by atoms with Crippen LogP contribution in [-0.4, -0.2) is 50.5 Å². The Morgan fingerprint density at radius 1 is 1.56 bits per heavy atom. The van der Waals surface area contributed by atoms with Crippen LogP contribution in [0.5, 0.6) is 0 Å². The lowest BCUT2D eigenvalue weighted by atomic mass is 10.0. The summed E-state index contributed by atoms with van der Waals surface area (Å²) in [5, 5.41) is -0.452. The standard InChI is InChI=1S/C9H16ClNO4S/c1-15-5-6-16(13,14)11-4-2-3-8(7-11)9(10)12/h8H,2-7H2,1H3. The summed E-state index contributed by atoms with van der Waals surface area (Å²) in [7, 11) is -1.86. The molecular formula is C9H16ClNO4S. The second-order valence-electron chi connectivity index (χ2n) is 3.81.